The Balaban J connectivity index is 1.56. The molecule has 0 aliphatic heterocycles. The number of benzene rings is 1. The number of rotatable bonds is 6. The lowest BCUT2D eigenvalue weighted by molar-refractivity contribution is -0.137. The lowest BCUT2D eigenvalue weighted by Gasteiger charge is -2.12. The van der Waals surface area contributed by atoms with Gasteiger partial charge in [-0.05, 0) is 30.3 Å². The fraction of sp³-hybridized carbons (Fsp3) is 0.136. The second kappa shape index (κ2) is 9.07. The molecule has 4 rings (SSSR count). The molecule has 0 radical (unpaired) electrons. The molecule has 1 N–H and O–H groups in total. The van der Waals surface area contributed by atoms with Crippen molar-refractivity contribution in [3.8, 4) is 34.1 Å². The molecule has 33 heavy (non-hydrogen) atoms. The van der Waals surface area contributed by atoms with Crippen molar-refractivity contribution in [2.75, 3.05) is 7.11 Å². The average Bonchev–Trinajstić information content (AvgIpc) is 3.19. The predicted molar refractivity (Wildman–Crippen MR) is 112 cm³/mol. The molecule has 0 fully saturated rings. The Bertz CT molecular complexity index is 1280. The first-order chi connectivity index (χ1) is 15.7. The first-order valence-corrected chi connectivity index (χ1v) is 9.82. The van der Waals surface area contributed by atoms with Crippen LogP contribution in [0.2, 0.25) is 5.15 Å². The smallest absolute Gasteiger partial charge is 0.417 e. The van der Waals surface area contributed by atoms with Crippen LogP contribution in [0.4, 0.5) is 17.6 Å². The van der Waals surface area contributed by atoms with Crippen molar-refractivity contribution in [1.82, 2.24) is 19.9 Å². The number of ether oxygens (including phenoxy) is 2. The second-order valence-electron chi connectivity index (χ2n) is 6.85. The van der Waals surface area contributed by atoms with Gasteiger partial charge in [-0.2, -0.15) is 17.6 Å². The van der Waals surface area contributed by atoms with Crippen molar-refractivity contribution in [3.63, 3.8) is 0 Å². The van der Waals surface area contributed by atoms with E-state index in [4.69, 9.17) is 21.1 Å². The van der Waals surface area contributed by atoms with Crippen LogP contribution in [0.1, 0.15) is 11.1 Å². The van der Waals surface area contributed by atoms with Gasteiger partial charge in [0.2, 0.25) is 5.95 Å². The van der Waals surface area contributed by atoms with Crippen molar-refractivity contribution in [3.05, 3.63) is 77.2 Å². The van der Waals surface area contributed by atoms with E-state index in [-0.39, 0.29) is 17.3 Å². The molecular weight excluding hydrogens is 464 g/mol. The summed E-state index contributed by atoms with van der Waals surface area (Å²) in [6.07, 6.45) is -1.10. The van der Waals surface area contributed by atoms with Gasteiger partial charge in [0.1, 0.15) is 23.9 Å². The first-order valence-electron chi connectivity index (χ1n) is 9.44. The van der Waals surface area contributed by atoms with Gasteiger partial charge < -0.3 is 14.5 Å². The van der Waals surface area contributed by atoms with Crippen LogP contribution in [0.15, 0.2) is 55.0 Å². The van der Waals surface area contributed by atoms with Crippen LogP contribution >= 0.6 is 11.6 Å². The Hall–Kier alpha value is -3.66. The molecule has 1 aromatic carbocycles. The maximum absolute atomic E-state index is 13.1. The molecule has 170 valence electrons. The molecule has 0 aliphatic rings. The minimum Gasteiger partial charge on any atom is -0.496 e. The zero-order valence-corrected chi connectivity index (χ0v) is 17.7. The van der Waals surface area contributed by atoms with E-state index in [1.54, 1.807) is 18.2 Å². The third-order valence-electron chi connectivity index (χ3n) is 4.63. The van der Waals surface area contributed by atoms with Crippen molar-refractivity contribution in [2.24, 2.45) is 0 Å². The highest BCUT2D eigenvalue weighted by Crippen LogP contribution is 2.37. The normalized spacial score (nSPS) is 11.5. The Morgan fingerprint density at radius 3 is 2.58 bits per heavy atom. The number of aromatic nitrogens is 4. The number of hydrogen-bond donors (Lipinski definition) is 1. The molecule has 0 atom stereocenters. The average molecular weight is 479 g/mol. The third-order valence-corrected chi connectivity index (χ3v) is 4.90. The van der Waals surface area contributed by atoms with E-state index in [9.17, 15) is 17.6 Å². The third kappa shape index (κ3) is 5.06. The van der Waals surface area contributed by atoms with E-state index in [1.165, 1.54) is 31.6 Å². The van der Waals surface area contributed by atoms with Crippen LogP contribution in [0.25, 0.3) is 22.6 Å². The number of nitrogens with one attached hydrogen (secondary N) is 1. The molecule has 6 nitrogen and oxygen atoms in total. The Labute approximate surface area is 190 Å². The van der Waals surface area contributed by atoms with Gasteiger partial charge in [0.25, 0.3) is 0 Å². The highest BCUT2D eigenvalue weighted by atomic mass is 35.5. The fourth-order valence-corrected chi connectivity index (χ4v) is 3.27. The highest BCUT2D eigenvalue weighted by Gasteiger charge is 2.31. The highest BCUT2D eigenvalue weighted by molar-refractivity contribution is 6.32. The molecule has 0 aliphatic carbocycles. The van der Waals surface area contributed by atoms with Crippen molar-refractivity contribution in [1.29, 1.82) is 0 Å². The Morgan fingerprint density at radius 2 is 1.88 bits per heavy atom. The van der Waals surface area contributed by atoms with Crippen molar-refractivity contribution < 1.29 is 27.0 Å². The molecule has 0 saturated heterocycles. The van der Waals surface area contributed by atoms with Gasteiger partial charge in [-0.1, -0.05) is 11.6 Å². The van der Waals surface area contributed by atoms with E-state index in [0.717, 1.165) is 12.3 Å². The first kappa shape index (κ1) is 22.5. The summed E-state index contributed by atoms with van der Waals surface area (Å²) in [6.45, 7) is -0.119. The minimum absolute atomic E-state index is 0.119. The lowest BCUT2D eigenvalue weighted by atomic mass is 10.1. The summed E-state index contributed by atoms with van der Waals surface area (Å²) in [5.41, 5.74) is 0.989. The van der Waals surface area contributed by atoms with Crippen LogP contribution in [0.5, 0.6) is 11.5 Å². The van der Waals surface area contributed by atoms with E-state index >= 15 is 0 Å². The van der Waals surface area contributed by atoms with E-state index in [0.29, 0.717) is 34.1 Å². The van der Waals surface area contributed by atoms with Crippen LogP contribution in [0, 0.1) is 5.95 Å². The van der Waals surface area contributed by atoms with Crippen molar-refractivity contribution >= 4 is 11.6 Å². The predicted octanol–water partition coefficient (Wildman–Crippen LogP) is 5.93. The number of alkyl halides is 3. The molecule has 0 amide bonds. The summed E-state index contributed by atoms with van der Waals surface area (Å²) in [5, 5.41) is 0.163. The summed E-state index contributed by atoms with van der Waals surface area (Å²) in [5.74, 6) is 0.535. The maximum Gasteiger partial charge on any atom is 0.417 e. The van der Waals surface area contributed by atoms with Gasteiger partial charge >= 0.3 is 6.18 Å². The number of aromatic amines is 1. The Kier molecular flexibility index (Phi) is 6.19. The van der Waals surface area contributed by atoms with Crippen LogP contribution in [0.3, 0.4) is 0 Å². The molecule has 0 spiro atoms. The summed E-state index contributed by atoms with van der Waals surface area (Å²) in [7, 11) is 1.45. The van der Waals surface area contributed by atoms with E-state index in [1.807, 2.05) is 0 Å². The SMILES string of the molecule is COc1cc(OCc2cncc(C(F)(F)F)c2)ccc1-c1[nH]c(-c2ccc(F)nc2)nc1Cl. The summed E-state index contributed by atoms with van der Waals surface area (Å²) >= 11 is 6.30. The zero-order chi connectivity index (χ0) is 23.6. The standard InChI is InChI=1S/C22H15ClF4N4O2/c1-32-17-7-15(33-11-12-6-14(10-28-8-12)22(25,26)27)3-4-16(17)19-20(23)31-21(30-19)13-2-5-18(24)29-9-13/h2-10H,11H2,1H3,(H,30,31). The molecule has 11 heteroatoms. The van der Waals surface area contributed by atoms with Gasteiger partial charge in [-0.15, -0.1) is 0 Å². The minimum atomic E-state index is -4.49. The zero-order valence-electron chi connectivity index (χ0n) is 17.0. The second-order valence-corrected chi connectivity index (χ2v) is 7.21. The molecule has 3 heterocycles. The van der Waals surface area contributed by atoms with Gasteiger partial charge in [-0.3, -0.25) is 4.98 Å². The summed E-state index contributed by atoms with van der Waals surface area (Å²) in [4.78, 5) is 14.5. The molecule has 4 aromatic rings. The van der Waals surface area contributed by atoms with Crippen molar-refractivity contribution in [2.45, 2.75) is 12.8 Å². The van der Waals surface area contributed by atoms with Crippen LogP contribution < -0.4 is 9.47 Å². The van der Waals surface area contributed by atoms with Gasteiger partial charge in [0, 0.05) is 41.3 Å². The van der Waals surface area contributed by atoms with Crippen LogP contribution in [-0.4, -0.2) is 27.0 Å². The lowest BCUT2D eigenvalue weighted by Crippen LogP contribution is -2.07. The topological polar surface area (TPSA) is 72.9 Å². The molecule has 0 saturated carbocycles. The quantitative estimate of drug-likeness (QED) is 0.274. The van der Waals surface area contributed by atoms with Gasteiger partial charge in [-0.25, -0.2) is 9.97 Å². The number of halogens is 5. The molecular formula is C22H15ClF4N4O2. The molecule has 0 bridgehead atoms. The number of H-pyrrole nitrogens is 1. The van der Waals surface area contributed by atoms with E-state index in [2.05, 4.69) is 19.9 Å². The number of nitrogens with zero attached hydrogens (tertiary/aromatic N) is 3. The monoisotopic (exact) mass is 478 g/mol. The fourth-order valence-electron chi connectivity index (χ4n) is 3.04. The number of methoxy groups -OCH3 is 1. The van der Waals surface area contributed by atoms with E-state index < -0.39 is 17.7 Å². The van der Waals surface area contributed by atoms with Crippen LogP contribution in [-0.2, 0) is 12.8 Å². The maximum atomic E-state index is 13.1. The number of hydrogen-bond acceptors (Lipinski definition) is 5. The number of pyridine rings is 2. The summed E-state index contributed by atoms with van der Waals surface area (Å²) in [6, 6.07) is 8.57. The molecule has 3 aromatic heterocycles. The largest absolute Gasteiger partial charge is 0.496 e. The molecule has 0 unspecified atom stereocenters. The summed E-state index contributed by atoms with van der Waals surface area (Å²) < 4.78 is 62.7. The van der Waals surface area contributed by atoms with Gasteiger partial charge in [0.15, 0.2) is 5.15 Å². The Morgan fingerprint density at radius 1 is 1.06 bits per heavy atom. The van der Waals surface area contributed by atoms with Gasteiger partial charge in [0.05, 0.1) is 18.4 Å². The number of imidazole rings is 1.